The first-order valence-electron chi connectivity index (χ1n) is 10.7. The van der Waals surface area contributed by atoms with Gasteiger partial charge in [0.25, 0.3) is 0 Å². The molecule has 0 fully saturated rings. The third-order valence-corrected chi connectivity index (χ3v) is 6.64. The van der Waals surface area contributed by atoms with Gasteiger partial charge in [-0.25, -0.2) is 0 Å². The van der Waals surface area contributed by atoms with E-state index in [1.807, 2.05) is 30.3 Å². The number of carbonyl (C=O) groups excluding carboxylic acids is 1. The minimum atomic E-state index is -0.538. The second-order valence-corrected chi connectivity index (χ2v) is 8.97. The molecule has 1 aliphatic carbocycles. The lowest BCUT2D eigenvalue weighted by Crippen LogP contribution is -2.36. The molecule has 1 aliphatic heterocycles. The number of benzene rings is 2. The number of allylic oxidation sites excluding steroid dienone is 1. The van der Waals surface area contributed by atoms with Gasteiger partial charge in [-0.1, -0.05) is 50.3 Å². The van der Waals surface area contributed by atoms with E-state index in [4.69, 9.17) is 9.47 Å². The van der Waals surface area contributed by atoms with Crippen molar-refractivity contribution in [2.24, 2.45) is 11.8 Å². The number of methoxy groups -OCH3 is 1. The van der Waals surface area contributed by atoms with E-state index in [1.54, 1.807) is 13.2 Å². The molecule has 0 spiro atoms. The number of carbonyl (C=O) groups is 1. The van der Waals surface area contributed by atoms with E-state index in [9.17, 15) is 9.90 Å². The van der Waals surface area contributed by atoms with Gasteiger partial charge in [0.15, 0.2) is 5.78 Å². The molecular weight excluding hydrogens is 376 g/mol. The van der Waals surface area contributed by atoms with Crippen molar-refractivity contribution in [2.75, 3.05) is 7.11 Å². The Bertz CT molecular complexity index is 976. The minimum Gasteiger partial charge on any atom is -0.507 e. The average Bonchev–Trinajstić information content (AvgIpc) is 3.03. The number of ketones is 1. The molecule has 0 unspecified atom stereocenters. The largest absolute Gasteiger partial charge is 0.507 e. The summed E-state index contributed by atoms with van der Waals surface area (Å²) in [4.78, 5) is 13.2. The van der Waals surface area contributed by atoms with Crippen LogP contribution in [0.15, 0.2) is 48.6 Å². The lowest BCUT2D eigenvalue weighted by atomic mass is 9.71. The Morgan fingerprint density at radius 3 is 2.70 bits per heavy atom. The SMILES string of the molecule is COc1cc(O)c(C(=O)CCc2ccccc2)c2c1[C@H]1C[C@H](C(C)C)C=C[C@]1(C)O2. The van der Waals surface area contributed by atoms with E-state index < -0.39 is 5.60 Å². The maximum Gasteiger partial charge on any atom is 0.170 e. The first kappa shape index (κ1) is 20.5. The predicted molar refractivity (Wildman–Crippen MR) is 118 cm³/mol. The van der Waals surface area contributed by atoms with Gasteiger partial charge in [0.05, 0.1) is 7.11 Å². The number of hydrogen-bond acceptors (Lipinski definition) is 4. The Balaban J connectivity index is 1.72. The van der Waals surface area contributed by atoms with Crippen LogP contribution in [-0.2, 0) is 6.42 Å². The van der Waals surface area contributed by atoms with Gasteiger partial charge < -0.3 is 14.6 Å². The zero-order valence-corrected chi connectivity index (χ0v) is 18.1. The molecular formula is C26H30O4. The second-order valence-electron chi connectivity index (χ2n) is 8.97. The number of hydrogen-bond donors (Lipinski definition) is 1. The highest BCUT2D eigenvalue weighted by Crippen LogP contribution is 2.57. The summed E-state index contributed by atoms with van der Waals surface area (Å²) in [5.74, 6) is 1.94. The van der Waals surface area contributed by atoms with Crippen molar-refractivity contribution in [1.29, 1.82) is 0 Å². The van der Waals surface area contributed by atoms with Crippen LogP contribution in [0.1, 0.15) is 61.0 Å². The molecule has 4 rings (SSSR count). The molecule has 0 aromatic heterocycles. The highest BCUT2D eigenvalue weighted by Gasteiger charge is 2.50. The Hall–Kier alpha value is -2.75. The molecule has 30 heavy (non-hydrogen) atoms. The van der Waals surface area contributed by atoms with Crippen molar-refractivity contribution in [3.8, 4) is 17.2 Å². The summed E-state index contributed by atoms with van der Waals surface area (Å²) in [6.45, 7) is 6.50. The fraction of sp³-hybridized carbons (Fsp3) is 0.423. The number of Topliss-reactive ketones (excluding diaryl/α,β-unsaturated/α-hetero) is 1. The molecule has 158 valence electrons. The monoisotopic (exact) mass is 406 g/mol. The fourth-order valence-corrected chi connectivity index (χ4v) is 4.78. The highest BCUT2D eigenvalue weighted by atomic mass is 16.5. The normalized spacial score (nSPS) is 24.3. The molecule has 1 N–H and O–H groups in total. The lowest BCUT2D eigenvalue weighted by molar-refractivity contribution is 0.0958. The van der Waals surface area contributed by atoms with Crippen LogP contribution in [0.5, 0.6) is 17.2 Å². The molecule has 2 aliphatic rings. The van der Waals surface area contributed by atoms with Gasteiger partial charge >= 0.3 is 0 Å². The molecule has 4 nitrogen and oxygen atoms in total. The second kappa shape index (κ2) is 7.82. The molecule has 1 heterocycles. The van der Waals surface area contributed by atoms with Gasteiger partial charge in [-0.3, -0.25) is 4.79 Å². The van der Waals surface area contributed by atoms with Gasteiger partial charge in [0, 0.05) is 24.0 Å². The van der Waals surface area contributed by atoms with E-state index in [-0.39, 0.29) is 23.0 Å². The topological polar surface area (TPSA) is 55.8 Å². The van der Waals surface area contributed by atoms with Crippen molar-refractivity contribution < 1.29 is 19.4 Å². The summed E-state index contributed by atoms with van der Waals surface area (Å²) < 4.78 is 12.0. The quantitative estimate of drug-likeness (QED) is 0.495. The van der Waals surface area contributed by atoms with Crippen LogP contribution >= 0.6 is 0 Å². The number of ether oxygens (including phenoxy) is 2. The summed E-state index contributed by atoms with van der Waals surface area (Å²) in [5.41, 5.74) is 1.76. The molecule has 3 atom stereocenters. The Morgan fingerprint density at radius 2 is 2.03 bits per heavy atom. The standard InChI is InChI=1S/C26H30O4/c1-16(2)18-12-13-26(3)19(14-18)23-22(29-4)15-21(28)24(25(23)30-26)20(27)11-10-17-8-6-5-7-9-17/h5-9,12-13,15-16,18-19,28H,10-11,14H2,1-4H3/t18-,19-,26+/m1/s1. The zero-order valence-electron chi connectivity index (χ0n) is 18.1. The molecule has 0 saturated carbocycles. The van der Waals surface area contributed by atoms with Gasteiger partial charge in [-0.15, -0.1) is 0 Å². The molecule has 2 aromatic carbocycles. The summed E-state index contributed by atoms with van der Waals surface area (Å²) in [6.07, 6.45) is 6.22. The van der Waals surface area contributed by atoms with Crippen molar-refractivity contribution in [3.05, 3.63) is 65.2 Å². The summed E-state index contributed by atoms with van der Waals surface area (Å²) in [5, 5.41) is 10.7. The van der Waals surface area contributed by atoms with Crippen molar-refractivity contribution in [2.45, 2.75) is 51.6 Å². The van der Waals surface area contributed by atoms with Crippen molar-refractivity contribution >= 4 is 5.78 Å². The van der Waals surface area contributed by atoms with Gasteiger partial charge in [-0.05, 0) is 43.2 Å². The molecule has 0 bridgehead atoms. The van der Waals surface area contributed by atoms with E-state index in [0.717, 1.165) is 17.5 Å². The summed E-state index contributed by atoms with van der Waals surface area (Å²) in [6, 6.07) is 11.5. The molecule has 4 heteroatoms. The first-order chi connectivity index (χ1) is 14.3. The number of phenols is 1. The summed E-state index contributed by atoms with van der Waals surface area (Å²) in [7, 11) is 1.60. The predicted octanol–water partition coefficient (Wildman–Crippen LogP) is 5.68. The third-order valence-electron chi connectivity index (χ3n) is 6.64. The maximum absolute atomic E-state index is 13.2. The maximum atomic E-state index is 13.2. The van der Waals surface area contributed by atoms with Crippen molar-refractivity contribution in [3.63, 3.8) is 0 Å². The van der Waals surface area contributed by atoms with E-state index in [2.05, 4.69) is 32.9 Å². The number of aryl methyl sites for hydroxylation is 1. The van der Waals surface area contributed by atoms with Crippen molar-refractivity contribution in [1.82, 2.24) is 0 Å². The minimum absolute atomic E-state index is 0.0738. The number of phenolic OH excluding ortho intramolecular Hbond substituents is 1. The van der Waals surface area contributed by atoms with E-state index in [1.165, 1.54) is 0 Å². The smallest absolute Gasteiger partial charge is 0.170 e. The Kier molecular flexibility index (Phi) is 5.35. The lowest BCUT2D eigenvalue weighted by Gasteiger charge is -2.35. The Labute approximate surface area is 178 Å². The fourth-order valence-electron chi connectivity index (χ4n) is 4.78. The van der Waals surface area contributed by atoms with Crippen LogP contribution in [-0.4, -0.2) is 23.6 Å². The average molecular weight is 407 g/mol. The van der Waals surface area contributed by atoms with Crippen LogP contribution in [0, 0.1) is 11.8 Å². The zero-order chi connectivity index (χ0) is 21.5. The van der Waals surface area contributed by atoms with E-state index >= 15 is 0 Å². The Morgan fingerprint density at radius 1 is 1.30 bits per heavy atom. The third kappa shape index (κ3) is 3.49. The number of rotatable bonds is 6. The van der Waals surface area contributed by atoms with Crippen LogP contribution < -0.4 is 9.47 Å². The van der Waals surface area contributed by atoms with Crippen LogP contribution in [0.3, 0.4) is 0 Å². The van der Waals surface area contributed by atoms with Gasteiger partial charge in [-0.2, -0.15) is 0 Å². The first-order valence-corrected chi connectivity index (χ1v) is 10.7. The van der Waals surface area contributed by atoms with Gasteiger partial charge in [0.1, 0.15) is 28.4 Å². The van der Waals surface area contributed by atoms with Crippen LogP contribution in [0.4, 0.5) is 0 Å². The molecule has 2 aromatic rings. The van der Waals surface area contributed by atoms with E-state index in [0.29, 0.717) is 36.2 Å². The molecule has 0 amide bonds. The highest BCUT2D eigenvalue weighted by molar-refractivity contribution is 6.02. The van der Waals surface area contributed by atoms with Crippen LogP contribution in [0.25, 0.3) is 0 Å². The van der Waals surface area contributed by atoms with Crippen LogP contribution in [0.2, 0.25) is 0 Å². The molecule has 0 saturated heterocycles. The number of fused-ring (bicyclic) bond motifs is 3. The molecule has 0 radical (unpaired) electrons. The van der Waals surface area contributed by atoms with Gasteiger partial charge in [0.2, 0.25) is 0 Å². The summed E-state index contributed by atoms with van der Waals surface area (Å²) >= 11 is 0. The number of aromatic hydroxyl groups is 1.